The van der Waals surface area contributed by atoms with E-state index in [0.29, 0.717) is 31.4 Å². The number of aliphatic carboxylic acids is 1. The predicted molar refractivity (Wildman–Crippen MR) is 93.5 cm³/mol. The molecule has 1 aliphatic rings. The summed E-state index contributed by atoms with van der Waals surface area (Å²) in [5.74, 6) is -0.601. The van der Waals surface area contributed by atoms with Crippen LogP contribution in [0.15, 0.2) is 24.3 Å². The summed E-state index contributed by atoms with van der Waals surface area (Å²) in [5.41, 5.74) is 1.71. The van der Waals surface area contributed by atoms with Crippen LogP contribution in [0.4, 0.5) is 0 Å². The van der Waals surface area contributed by atoms with Crippen molar-refractivity contribution in [2.75, 3.05) is 7.11 Å². The van der Waals surface area contributed by atoms with Gasteiger partial charge in [0.1, 0.15) is 5.75 Å². The Kier molecular flexibility index (Phi) is 5.20. The van der Waals surface area contributed by atoms with Gasteiger partial charge in [-0.2, -0.15) is 0 Å². The number of aromatic nitrogens is 3. The van der Waals surface area contributed by atoms with Crippen molar-refractivity contribution in [2.24, 2.45) is 5.92 Å². The van der Waals surface area contributed by atoms with Crippen molar-refractivity contribution in [1.29, 1.82) is 0 Å². The Balaban J connectivity index is 1.67. The first-order chi connectivity index (χ1) is 12.5. The third-order valence-electron chi connectivity index (χ3n) is 4.84. The van der Waals surface area contributed by atoms with E-state index < -0.39 is 5.97 Å². The topological polar surface area (TPSA) is 106 Å². The second kappa shape index (κ2) is 7.55. The van der Waals surface area contributed by atoms with E-state index in [2.05, 4.69) is 15.6 Å². The van der Waals surface area contributed by atoms with Crippen LogP contribution in [0, 0.1) is 12.8 Å². The Hall–Kier alpha value is -2.90. The molecule has 1 aromatic heterocycles. The van der Waals surface area contributed by atoms with Crippen LogP contribution in [0.25, 0.3) is 5.69 Å². The van der Waals surface area contributed by atoms with Crippen molar-refractivity contribution in [2.45, 2.75) is 38.6 Å². The number of rotatable bonds is 5. The Morgan fingerprint density at radius 3 is 2.42 bits per heavy atom. The minimum absolute atomic E-state index is 0.0244. The minimum Gasteiger partial charge on any atom is -0.497 e. The van der Waals surface area contributed by atoms with E-state index in [9.17, 15) is 9.59 Å². The van der Waals surface area contributed by atoms with Crippen molar-refractivity contribution in [3.63, 3.8) is 0 Å². The van der Waals surface area contributed by atoms with E-state index in [1.54, 1.807) is 18.7 Å². The second-order valence-electron chi connectivity index (χ2n) is 6.49. The summed E-state index contributed by atoms with van der Waals surface area (Å²) in [7, 11) is 1.60. The van der Waals surface area contributed by atoms with Crippen LogP contribution >= 0.6 is 0 Å². The SMILES string of the molecule is COc1ccc(-n2nnc(C(=O)NC3CCC(C(=O)O)CC3)c2C)cc1. The number of nitrogens with one attached hydrogen (secondary N) is 1. The molecule has 1 amide bonds. The average Bonchev–Trinajstić information content (AvgIpc) is 3.04. The number of carboxylic acids is 1. The normalized spacial score (nSPS) is 19.8. The van der Waals surface area contributed by atoms with Crippen LogP contribution in [0.1, 0.15) is 41.9 Å². The number of hydrogen-bond donors (Lipinski definition) is 2. The third-order valence-corrected chi connectivity index (χ3v) is 4.84. The molecule has 26 heavy (non-hydrogen) atoms. The molecule has 0 unspecified atom stereocenters. The predicted octanol–water partition coefficient (Wildman–Crippen LogP) is 1.96. The summed E-state index contributed by atoms with van der Waals surface area (Å²) < 4.78 is 6.75. The molecule has 2 N–H and O–H groups in total. The van der Waals surface area contributed by atoms with Crippen molar-refractivity contribution < 1.29 is 19.4 Å². The standard InChI is InChI=1S/C18H22N4O4/c1-11-16(17(23)19-13-5-3-12(4-6-13)18(24)25)20-21-22(11)14-7-9-15(26-2)10-8-14/h7-10,12-13H,3-6H2,1-2H3,(H,19,23)(H,24,25). The van der Waals surface area contributed by atoms with E-state index in [0.717, 1.165) is 11.4 Å². The zero-order valence-corrected chi connectivity index (χ0v) is 14.8. The third kappa shape index (κ3) is 3.68. The van der Waals surface area contributed by atoms with Gasteiger partial charge in [0, 0.05) is 6.04 Å². The van der Waals surface area contributed by atoms with Gasteiger partial charge in [0.05, 0.1) is 24.4 Å². The molecule has 1 fully saturated rings. The molecular weight excluding hydrogens is 336 g/mol. The molecular formula is C18H22N4O4. The van der Waals surface area contributed by atoms with Crippen molar-refractivity contribution in [3.8, 4) is 11.4 Å². The molecule has 8 heteroatoms. The van der Waals surface area contributed by atoms with E-state index in [1.165, 1.54) is 0 Å². The van der Waals surface area contributed by atoms with Crippen LogP contribution in [0.2, 0.25) is 0 Å². The van der Waals surface area contributed by atoms with E-state index in [4.69, 9.17) is 9.84 Å². The van der Waals surface area contributed by atoms with Gasteiger partial charge in [0.15, 0.2) is 5.69 Å². The Morgan fingerprint density at radius 2 is 1.85 bits per heavy atom. The Morgan fingerprint density at radius 1 is 1.19 bits per heavy atom. The van der Waals surface area contributed by atoms with Crippen LogP contribution in [0.5, 0.6) is 5.75 Å². The lowest BCUT2D eigenvalue weighted by Crippen LogP contribution is -2.39. The van der Waals surface area contributed by atoms with Crippen molar-refractivity contribution >= 4 is 11.9 Å². The number of methoxy groups -OCH3 is 1. The maximum Gasteiger partial charge on any atom is 0.306 e. The van der Waals surface area contributed by atoms with Gasteiger partial charge in [-0.15, -0.1) is 5.10 Å². The Bertz CT molecular complexity index is 792. The molecule has 0 bridgehead atoms. The van der Waals surface area contributed by atoms with Crippen LogP contribution in [-0.2, 0) is 4.79 Å². The van der Waals surface area contributed by atoms with Gasteiger partial charge in [-0.25, -0.2) is 4.68 Å². The van der Waals surface area contributed by atoms with Gasteiger partial charge in [-0.3, -0.25) is 9.59 Å². The summed E-state index contributed by atoms with van der Waals surface area (Å²) in [5, 5.41) is 20.1. The molecule has 8 nitrogen and oxygen atoms in total. The first kappa shape index (κ1) is 17.9. The highest BCUT2D eigenvalue weighted by Crippen LogP contribution is 2.25. The van der Waals surface area contributed by atoms with Crippen LogP contribution < -0.4 is 10.1 Å². The number of benzene rings is 1. The monoisotopic (exact) mass is 358 g/mol. The molecule has 1 aromatic carbocycles. The average molecular weight is 358 g/mol. The number of carbonyl (C=O) groups excluding carboxylic acids is 1. The number of amides is 1. The van der Waals surface area contributed by atoms with E-state index >= 15 is 0 Å². The van der Waals surface area contributed by atoms with Crippen LogP contribution in [0.3, 0.4) is 0 Å². The molecule has 1 saturated carbocycles. The first-order valence-corrected chi connectivity index (χ1v) is 8.60. The quantitative estimate of drug-likeness (QED) is 0.846. The summed E-state index contributed by atoms with van der Waals surface area (Å²) in [6, 6.07) is 7.29. The summed E-state index contributed by atoms with van der Waals surface area (Å²) >= 11 is 0. The molecule has 138 valence electrons. The number of ether oxygens (including phenoxy) is 1. The number of nitrogens with zero attached hydrogens (tertiary/aromatic N) is 3. The van der Waals surface area contributed by atoms with E-state index in [-0.39, 0.29) is 23.6 Å². The molecule has 3 rings (SSSR count). The maximum atomic E-state index is 12.5. The highest BCUT2D eigenvalue weighted by molar-refractivity contribution is 5.93. The summed E-state index contributed by atoms with van der Waals surface area (Å²) in [6.07, 6.45) is 2.48. The fourth-order valence-electron chi connectivity index (χ4n) is 3.25. The number of carbonyl (C=O) groups is 2. The molecule has 1 heterocycles. The zero-order chi connectivity index (χ0) is 18.7. The molecule has 0 atom stereocenters. The van der Waals surface area contributed by atoms with Crippen molar-refractivity contribution in [1.82, 2.24) is 20.3 Å². The summed E-state index contributed by atoms with van der Waals surface area (Å²) in [4.78, 5) is 23.5. The van der Waals surface area contributed by atoms with Gasteiger partial charge in [-0.05, 0) is 56.9 Å². The fourth-order valence-corrected chi connectivity index (χ4v) is 3.25. The molecule has 0 spiro atoms. The molecule has 0 radical (unpaired) electrons. The molecule has 2 aromatic rings. The zero-order valence-electron chi connectivity index (χ0n) is 14.8. The van der Waals surface area contributed by atoms with Gasteiger partial charge in [0.25, 0.3) is 5.91 Å². The highest BCUT2D eigenvalue weighted by atomic mass is 16.5. The maximum absolute atomic E-state index is 12.5. The first-order valence-electron chi connectivity index (χ1n) is 8.60. The summed E-state index contributed by atoms with van der Waals surface area (Å²) in [6.45, 7) is 1.79. The molecule has 0 aliphatic heterocycles. The lowest BCUT2D eigenvalue weighted by molar-refractivity contribution is -0.142. The van der Waals surface area contributed by atoms with Gasteiger partial charge >= 0.3 is 5.97 Å². The fraction of sp³-hybridized carbons (Fsp3) is 0.444. The lowest BCUT2D eigenvalue weighted by Gasteiger charge is -2.26. The Labute approximate surface area is 151 Å². The highest BCUT2D eigenvalue weighted by Gasteiger charge is 2.28. The van der Waals surface area contributed by atoms with Crippen molar-refractivity contribution in [3.05, 3.63) is 35.7 Å². The van der Waals surface area contributed by atoms with Gasteiger partial charge in [-0.1, -0.05) is 5.21 Å². The minimum atomic E-state index is -0.756. The molecule has 1 aliphatic carbocycles. The van der Waals surface area contributed by atoms with E-state index in [1.807, 2.05) is 24.3 Å². The smallest absolute Gasteiger partial charge is 0.306 e. The van der Waals surface area contributed by atoms with Gasteiger partial charge in [0.2, 0.25) is 0 Å². The number of hydrogen-bond acceptors (Lipinski definition) is 5. The largest absolute Gasteiger partial charge is 0.497 e. The van der Waals surface area contributed by atoms with Crippen LogP contribution in [-0.4, -0.2) is 45.1 Å². The number of carboxylic acid groups (broad SMARTS) is 1. The van der Waals surface area contributed by atoms with Gasteiger partial charge < -0.3 is 15.2 Å². The molecule has 0 saturated heterocycles. The lowest BCUT2D eigenvalue weighted by atomic mass is 9.86. The second-order valence-corrected chi connectivity index (χ2v) is 6.49.